The van der Waals surface area contributed by atoms with E-state index in [4.69, 9.17) is 0 Å². The molecule has 0 saturated heterocycles. The molecular weight excluding hydrogens is 211 g/mol. The van der Waals surface area contributed by atoms with Crippen molar-refractivity contribution < 1.29 is 0 Å². The molecule has 1 heteroatoms. The van der Waals surface area contributed by atoms with Crippen molar-refractivity contribution in [3.8, 4) is 0 Å². The third-order valence-electron chi connectivity index (χ3n) is 1.39. The highest BCUT2D eigenvalue weighted by Crippen LogP contribution is 2.09. The molecule has 0 aliphatic rings. The molecule has 0 fully saturated rings. The van der Waals surface area contributed by atoms with Crippen LogP contribution in [0, 0.1) is 5.92 Å². The van der Waals surface area contributed by atoms with Gasteiger partial charge in [0.2, 0.25) is 0 Å². The minimum atomic E-state index is 0.812. The second-order valence-corrected chi connectivity index (χ2v) is 2.61. The molecule has 0 heterocycles. The van der Waals surface area contributed by atoms with Crippen molar-refractivity contribution in [2.24, 2.45) is 5.92 Å². The van der Waals surface area contributed by atoms with E-state index in [0.29, 0.717) is 0 Å². The zero-order chi connectivity index (χ0) is 6.41. The van der Waals surface area contributed by atoms with Crippen molar-refractivity contribution >= 4 is 22.6 Å². The molecule has 48 valence electrons. The van der Waals surface area contributed by atoms with E-state index in [0.717, 1.165) is 5.92 Å². The predicted octanol–water partition coefficient (Wildman–Crippen LogP) is 3.37. The van der Waals surface area contributed by atoms with Gasteiger partial charge in [-0.3, -0.25) is 0 Å². The molecular formula is C7H13I. The van der Waals surface area contributed by atoms with E-state index >= 15 is 0 Å². The minimum absolute atomic E-state index is 0.812. The number of allylic oxidation sites excluding steroid dienone is 1. The second-order valence-electron chi connectivity index (χ2n) is 1.90. The van der Waals surface area contributed by atoms with Gasteiger partial charge in [-0.15, -0.1) is 0 Å². The molecule has 0 spiro atoms. The summed E-state index contributed by atoms with van der Waals surface area (Å²) in [6.45, 7) is 4.45. The van der Waals surface area contributed by atoms with Crippen LogP contribution in [0.4, 0.5) is 0 Å². The van der Waals surface area contributed by atoms with Crippen LogP contribution in [0.2, 0.25) is 0 Å². The molecule has 0 N–H and O–H groups in total. The normalized spacial score (nSPS) is 11.5. The Morgan fingerprint density at radius 2 is 1.88 bits per heavy atom. The van der Waals surface area contributed by atoms with Crippen LogP contribution in [-0.2, 0) is 0 Å². The SMILES string of the molecule is CCC(/C=C/I)CC. The highest BCUT2D eigenvalue weighted by atomic mass is 127. The Morgan fingerprint density at radius 3 is 2.00 bits per heavy atom. The topological polar surface area (TPSA) is 0 Å². The van der Waals surface area contributed by atoms with Crippen LogP contribution in [0.15, 0.2) is 10.2 Å². The van der Waals surface area contributed by atoms with Gasteiger partial charge in [-0.05, 0) is 22.8 Å². The van der Waals surface area contributed by atoms with Crippen LogP contribution < -0.4 is 0 Å². The third kappa shape index (κ3) is 3.47. The number of rotatable bonds is 3. The van der Waals surface area contributed by atoms with E-state index in [1.54, 1.807) is 0 Å². The van der Waals surface area contributed by atoms with Crippen molar-refractivity contribution in [1.29, 1.82) is 0 Å². The van der Waals surface area contributed by atoms with Crippen LogP contribution in [0.1, 0.15) is 26.7 Å². The molecule has 8 heavy (non-hydrogen) atoms. The molecule has 0 bridgehead atoms. The molecule has 0 rings (SSSR count). The minimum Gasteiger partial charge on any atom is -0.0754 e. The Bertz CT molecular complexity index is 62.8. The van der Waals surface area contributed by atoms with Crippen LogP contribution in [0.25, 0.3) is 0 Å². The molecule has 0 aromatic rings. The number of halogens is 1. The Labute approximate surface area is 65.5 Å². The summed E-state index contributed by atoms with van der Waals surface area (Å²) in [5.74, 6) is 0.812. The Balaban J connectivity index is 3.36. The van der Waals surface area contributed by atoms with Gasteiger partial charge in [0.15, 0.2) is 0 Å². The van der Waals surface area contributed by atoms with Crippen LogP contribution in [-0.4, -0.2) is 0 Å². The van der Waals surface area contributed by atoms with Crippen molar-refractivity contribution in [1.82, 2.24) is 0 Å². The molecule has 0 aromatic carbocycles. The summed E-state index contributed by atoms with van der Waals surface area (Å²) in [6.07, 6.45) is 4.81. The molecule has 0 unspecified atom stereocenters. The molecule has 0 saturated carbocycles. The van der Waals surface area contributed by atoms with Gasteiger partial charge >= 0.3 is 0 Å². The first-order chi connectivity index (χ1) is 3.85. The number of hydrogen-bond acceptors (Lipinski definition) is 0. The van der Waals surface area contributed by atoms with Gasteiger partial charge in [0.05, 0.1) is 0 Å². The van der Waals surface area contributed by atoms with Gasteiger partial charge in [0.25, 0.3) is 0 Å². The Hall–Kier alpha value is 0.470. The summed E-state index contributed by atoms with van der Waals surface area (Å²) in [7, 11) is 0. The fourth-order valence-corrected chi connectivity index (χ4v) is 1.25. The Kier molecular flexibility index (Phi) is 5.93. The van der Waals surface area contributed by atoms with E-state index in [1.807, 2.05) is 0 Å². The lowest BCUT2D eigenvalue weighted by molar-refractivity contribution is 0.607. The molecule has 0 atom stereocenters. The third-order valence-corrected chi connectivity index (χ3v) is 1.81. The first-order valence-corrected chi connectivity index (χ1v) is 4.36. The van der Waals surface area contributed by atoms with Gasteiger partial charge < -0.3 is 0 Å². The lowest BCUT2D eigenvalue weighted by Crippen LogP contribution is -1.88. The fourth-order valence-electron chi connectivity index (χ4n) is 0.664. The molecule has 0 aliphatic heterocycles. The number of hydrogen-bond donors (Lipinski definition) is 0. The van der Waals surface area contributed by atoms with Crippen molar-refractivity contribution in [2.45, 2.75) is 26.7 Å². The van der Waals surface area contributed by atoms with Gasteiger partial charge in [-0.2, -0.15) is 0 Å². The van der Waals surface area contributed by atoms with E-state index in [2.05, 4.69) is 46.6 Å². The maximum atomic E-state index is 2.27. The monoisotopic (exact) mass is 224 g/mol. The lowest BCUT2D eigenvalue weighted by Gasteiger charge is -2.02. The van der Waals surface area contributed by atoms with Gasteiger partial charge in [-0.1, -0.05) is 42.5 Å². The van der Waals surface area contributed by atoms with Crippen LogP contribution in [0.5, 0.6) is 0 Å². The summed E-state index contributed by atoms with van der Waals surface area (Å²) in [5, 5.41) is 0. The van der Waals surface area contributed by atoms with Gasteiger partial charge in [-0.25, -0.2) is 0 Å². The maximum Gasteiger partial charge on any atom is -0.0231 e. The average molecular weight is 224 g/mol. The molecule has 0 amide bonds. The smallest absolute Gasteiger partial charge is 0.0231 e. The van der Waals surface area contributed by atoms with Crippen molar-refractivity contribution in [3.05, 3.63) is 10.2 Å². The van der Waals surface area contributed by atoms with E-state index < -0.39 is 0 Å². The first-order valence-electron chi connectivity index (χ1n) is 3.12. The predicted molar refractivity (Wildman–Crippen MR) is 47.2 cm³/mol. The standard InChI is InChI=1S/C7H13I/c1-3-7(4-2)5-6-8/h5-7H,3-4H2,1-2H3/b6-5+. The summed E-state index contributed by atoms with van der Waals surface area (Å²) < 4.78 is 2.11. The lowest BCUT2D eigenvalue weighted by atomic mass is 10.0. The molecule has 0 aliphatic carbocycles. The van der Waals surface area contributed by atoms with Gasteiger partial charge in [0, 0.05) is 0 Å². The van der Waals surface area contributed by atoms with E-state index in [9.17, 15) is 0 Å². The average Bonchev–Trinajstić information content (AvgIpc) is 1.83. The highest BCUT2D eigenvalue weighted by molar-refractivity contribution is 14.1. The quantitative estimate of drug-likeness (QED) is 0.644. The van der Waals surface area contributed by atoms with E-state index in [-0.39, 0.29) is 0 Å². The summed E-state index contributed by atoms with van der Waals surface area (Å²) >= 11 is 2.27. The summed E-state index contributed by atoms with van der Waals surface area (Å²) in [6, 6.07) is 0. The maximum absolute atomic E-state index is 2.27. The zero-order valence-electron chi connectivity index (χ0n) is 5.52. The van der Waals surface area contributed by atoms with Crippen LogP contribution in [0.3, 0.4) is 0 Å². The summed E-state index contributed by atoms with van der Waals surface area (Å²) in [4.78, 5) is 0. The van der Waals surface area contributed by atoms with Crippen LogP contribution >= 0.6 is 22.6 Å². The fraction of sp³-hybridized carbons (Fsp3) is 0.714. The van der Waals surface area contributed by atoms with Crippen molar-refractivity contribution in [2.75, 3.05) is 0 Å². The molecule has 0 nitrogen and oxygen atoms in total. The largest absolute Gasteiger partial charge is 0.0754 e. The van der Waals surface area contributed by atoms with Gasteiger partial charge in [0.1, 0.15) is 0 Å². The zero-order valence-corrected chi connectivity index (χ0v) is 7.68. The molecule has 0 aromatic heterocycles. The second kappa shape index (κ2) is 5.60. The highest BCUT2D eigenvalue weighted by Gasteiger charge is 1.93. The first kappa shape index (κ1) is 8.47. The summed E-state index contributed by atoms with van der Waals surface area (Å²) in [5.41, 5.74) is 0. The van der Waals surface area contributed by atoms with Crippen molar-refractivity contribution in [3.63, 3.8) is 0 Å². The van der Waals surface area contributed by atoms with E-state index in [1.165, 1.54) is 12.8 Å². The molecule has 0 radical (unpaired) electrons. The Morgan fingerprint density at radius 1 is 1.38 bits per heavy atom.